The van der Waals surface area contributed by atoms with Crippen LogP contribution in [0.2, 0.25) is 0 Å². The van der Waals surface area contributed by atoms with Crippen LogP contribution in [0.25, 0.3) is 0 Å². The monoisotopic (exact) mass is 284 g/mol. The summed E-state index contributed by atoms with van der Waals surface area (Å²) in [5.41, 5.74) is 1.14. The molecule has 1 unspecified atom stereocenters. The van der Waals surface area contributed by atoms with Crippen LogP contribution >= 0.6 is 15.9 Å². The predicted octanol–water partition coefficient (Wildman–Crippen LogP) is 2.85. The van der Waals surface area contributed by atoms with Gasteiger partial charge in [0.15, 0.2) is 0 Å². The van der Waals surface area contributed by atoms with Gasteiger partial charge in [0.2, 0.25) is 0 Å². The van der Waals surface area contributed by atoms with Crippen LogP contribution < -0.4 is 4.90 Å². The highest BCUT2D eigenvalue weighted by Gasteiger charge is 2.30. The zero-order valence-corrected chi connectivity index (χ0v) is 11.3. The van der Waals surface area contributed by atoms with Gasteiger partial charge in [0.05, 0.1) is 17.5 Å². The van der Waals surface area contributed by atoms with Gasteiger partial charge in [-0.05, 0) is 41.8 Å². The van der Waals surface area contributed by atoms with Gasteiger partial charge in [-0.15, -0.1) is 0 Å². The Morgan fingerprint density at radius 1 is 1.50 bits per heavy atom. The third-order valence-electron chi connectivity index (χ3n) is 3.21. The number of anilines is 1. The molecule has 88 valence electrons. The number of aromatic nitrogens is 1. The molecule has 0 amide bonds. The lowest BCUT2D eigenvalue weighted by atomic mass is 9.94. The highest BCUT2D eigenvalue weighted by Crippen LogP contribution is 2.28. The minimum atomic E-state index is -0.0272. The van der Waals surface area contributed by atoms with Crippen molar-refractivity contribution in [3.63, 3.8) is 0 Å². The molecule has 0 spiro atoms. The van der Waals surface area contributed by atoms with E-state index in [1.54, 1.807) is 7.11 Å². The first kappa shape index (κ1) is 11.9. The molecule has 0 bridgehead atoms. The van der Waals surface area contributed by atoms with E-state index < -0.39 is 0 Å². The number of ether oxygens (including phenoxy) is 1. The molecule has 16 heavy (non-hydrogen) atoms. The first-order chi connectivity index (χ1) is 7.63. The fraction of sp³-hybridized carbons (Fsp3) is 0.583. The average molecular weight is 285 g/mol. The molecule has 4 heteroatoms. The van der Waals surface area contributed by atoms with Crippen molar-refractivity contribution >= 4 is 21.6 Å². The minimum absolute atomic E-state index is 0.0272. The van der Waals surface area contributed by atoms with Gasteiger partial charge in [0.25, 0.3) is 0 Å². The van der Waals surface area contributed by atoms with Crippen molar-refractivity contribution in [2.24, 2.45) is 0 Å². The fourth-order valence-corrected chi connectivity index (χ4v) is 2.52. The van der Waals surface area contributed by atoms with Crippen molar-refractivity contribution in [1.82, 2.24) is 4.98 Å². The highest BCUT2D eigenvalue weighted by atomic mass is 79.9. The summed E-state index contributed by atoms with van der Waals surface area (Å²) in [5.74, 6) is 0. The number of piperidine rings is 1. The van der Waals surface area contributed by atoms with E-state index in [1.165, 1.54) is 0 Å². The molecule has 0 aliphatic carbocycles. The molecule has 2 heterocycles. The van der Waals surface area contributed by atoms with Gasteiger partial charge >= 0.3 is 0 Å². The van der Waals surface area contributed by atoms with Crippen LogP contribution in [0.4, 0.5) is 5.69 Å². The molecule has 0 aromatic carbocycles. The van der Waals surface area contributed by atoms with Crippen LogP contribution in [-0.4, -0.2) is 30.8 Å². The normalized spacial score (nSPS) is 25.8. The summed E-state index contributed by atoms with van der Waals surface area (Å²) in [6.45, 7) is 4.18. The molecular formula is C12H17BrN2O. The molecule has 1 aromatic heterocycles. The SMILES string of the molecule is COC1(C)CCCN(c2cncc(Br)c2)C1. The standard InChI is InChI=1S/C12H17BrN2O/c1-12(16-2)4-3-5-15(9-12)11-6-10(13)7-14-8-11/h6-8H,3-5,9H2,1-2H3. The van der Waals surface area contributed by atoms with Crippen LogP contribution in [0.15, 0.2) is 22.9 Å². The Morgan fingerprint density at radius 2 is 2.31 bits per heavy atom. The summed E-state index contributed by atoms with van der Waals surface area (Å²) in [4.78, 5) is 6.54. The fourth-order valence-electron chi connectivity index (χ4n) is 2.17. The molecule has 1 atom stereocenters. The van der Waals surface area contributed by atoms with E-state index in [-0.39, 0.29) is 5.60 Å². The summed E-state index contributed by atoms with van der Waals surface area (Å²) in [5, 5.41) is 0. The topological polar surface area (TPSA) is 25.4 Å². The number of methoxy groups -OCH3 is 1. The first-order valence-electron chi connectivity index (χ1n) is 5.54. The lowest BCUT2D eigenvalue weighted by molar-refractivity contribution is -0.00466. The van der Waals surface area contributed by atoms with E-state index in [0.29, 0.717) is 0 Å². The number of rotatable bonds is 2. The first-order valence-corrected chi connectivity index (χ1v) is 6.33. The molecule has 3 nitrogen and oxygen atoms in total. The second kappa shape index (κ2) is 4.72. The quantitative estimate of drug-likeness (QED) is 0.835. The molecule has 2 rings (SSSR count). The molecular weight excluding hydrogens is 268 g/mol. The van der Waals surface area contributed by atoms with E-state index in [1.807, 2.05) is 12.4 Å². The maximum atomic E-state index is 5.59. The average Bonchev–Trinajstić information content (AvgIpc) is 2.29. The van der Waals surface area contributed by atoms with Crippen LogP contribution in [0, 0.1) is 0 Å². The maximum absolute atomic E-state index is 5.59. The Balaban J connectivity index is 2.16. The Morgan fingerprint density at radius 3 is 3.00 bits per heavy atom. The zero-order valence-electron chi connectivity index (χ0n) is 9.74. The van der Waals surface area contributed by atoms with Gasteiger partial charge in [-0.1, -0.05) is 0 Å². The molecule has 1 aliphatic rings. The lowest BCUT2D eigenvalue weighted by Crippen LogP contribution is -2.47. The van der Waals surface area contributed by atoms with Crippen molar-refractivity contribution in [3.05, 3.63) is 22.9 Å². The van der Waals surface area contributed by atoms with Crippen molar-refractivity contribution in [2.75, 3.05) is 25.1 Å². The second-order valence-electron chi connectivity index (χ2n) is 4.54. The minimum Gasteiger partial charge on any atom is -0.377 e. The molecule has 1 fully saturated rings. The van der Waals surface area contributed by atoms with Gasteiger partial charge in [-0.2, -0.15) is 0 Å². The zero-order chi connectivity index (χ0) is 11.6. The predicted molar refractivity (Wildman–Crippen MR) is 68.8 cm³/mol. The van der Waals surface area contributed by atoms with Gasteiger partial charge in [-0.3, -0.25) is 4.98 Å². The molecule has 0 N–H and O–H groups in total. The van der Waals surface area contributed by atoms with E-state index in [4.69, 9.17) is 4.74 Å². The summed E-state index contributed by atoms with van der Waals surface area (Å²) in [7, 11) is 1.79. The van der Waals surface area contributed by atoms with E-state index in [2.05, 4.69) is 38.8 Å². The van der Waals surface area contributed by atoms with Crippen molar-refractivity contribution in [3.8, 4) is 0 Å². The maximum Gasteiger partial charge on any atom is 0.0825 e. The lowest BCUT2D eigenvalue weighted by Gasteiger charge is -2.40. The van der Waals surface area contributed by atoms with Crippen LogP contribution in [-0.2, 0) is 4.74 Å². The smallest absolute Gasteiger partial charge is 0.0825 e. The number of nitrogens with zero attached hydrogens (tertiary/aromatic N) is 2. The number of halogens is 1. The van der Waals surface area contributed by atoms with E-state index in [0.717, 1.165) is 36.1 Å². The number of hydrogen-bond donors (Lipinski definition) is 0. The van der Waals surface area contributed by atoms with E-state index in [9.17, 15) is 0 Å². The Labute approximate surface area is 105 Å². The third-order valence-corrected chi connectivity index (χ3v) is 3.64. The van der Waals surface area contributed by atoms with Gasteiger partial charge in [-0.25, -0.2) is 0 Å². The molecule has 1 aliphatic heterocycles. The summed E-state index contributed by atoms with van der Waals surface area (Å²) in [6, 6.07) is 2.11. The van der Waals surface area contributed by atoms with E-state index >= 15 is 0 Å². The molecule has 1 saturated heterocycles. The van der Waals surface area contributed by atoms with Crippen molar-refractivity contribution < 1.29 is 4.74 Å². The van der Waals surface area contributed by atoms with Gasteiger partial charge in [0, 0.05) is 30.9 Å². The van der Waals surface area contributed by atoms with Crippen LogP contribution in [0.3, 0.4) is 0 Å². The van der Waals surface area contributed by atoms with Crippen molar-refractivity contribution in [1.29, 1.82) is 0 Å². The number of pyridine rings is 1. The molecule has 1 aromatic rings. The largest absolute Gasteiger partial charge is 0.377 e. The Bertz CT molecular complexity index is 372. The second-order valence-corrected chi connectivity index (χ2v) is 5.46. The Kier molecular flexibility index (Phi) is 3.50. The number of hydrogen-bond acceptors (Lipinski definition) is 3. The molecule has 0 radical (unpaired) electrons. The van der Waals surface area contributed by atoms with Crippen molar-refractivity contribution in [2.45, 2.75) is 25.4 Å². The molecule has 0 saturated carbocycles. The van der Waals surface area contributed by atoms with Gasteiger partial charge in [0.1, 0.15) is 0 Å². The third kappa shape index (κ3) is 2.55. The Hall–Kier alpha value is -0.610. The highest BCUT2D eigenvalue weighted by molar-refractivity contribution is 9.10. The van der Waals surface area contributed by atoms with Gasteiger partial charge < -0.3 is 9.64 Å². The summed E-state index contributed by atoms with van der Waals surface area (Å²) >= 11 is 3.45. The summed E-state index contributed by atoms with van der Waals surface area (Å²) in [6.07, 6.45) is 6.01. The van der Waals surface area contributed by atoms with Crippen LogP contribution in [0.1, 0.15) is 19.8 Å². The summed E-state index contributed by atoms with van der Waals surface area (Å²) < 4.78 is 6.61. The van der Waals surface area contributed by atoms with Crippen LogP contribution in [0.5, 0.6) is 0 Å².